The number of carbonyl (C=O) groups excluding carboxylic acids is 1. The number of alkyl halides is 1. The second kappa shape index (κ2) is 4.92. The molecule has 0 radical (unpaired) electrons. The Labute approximate surface area is 108 Å². The lowest BCUT2D eigenvalue weighted by Gasteiger charge is -2.04. The number of esters is 1. The van der Waals surface area contributed by atoms with Gasteiger partial charge in [0.25, 0.3) is 0 Å². The van der Waals surface area contributed by atoms with Gasteiger partial charge < -0.3 is 9.30 Å². The number of halogens is 1. The molecule has 17 heavy (non-hydrogen) atoms. The molecule has 0 atom stereocenters. The number of ether oxygens (including phenoxy) is 1. The van der Waals surface area contributed by atoms with Crippen molar-refractivity contribution < 1.29 is 9.53 Å². The zero-order valence-electron chi connectivity index (χ0n) is 9.87. The smallest absolute Gasteiger partial charge is 0.340 e. The number of para-hydroxylation sites is 1. The summed E-state index contributed by atoms with van der Waals surface area (Å²) in [6.07, 6.45) is 0. The van der Waals surface area contributed by atoms with E-state index in [0.717, 1.165) is 16.6 Å². The average Bonchev–Trinajstić information content (AvgIpc) is 2.63. The molecule has 0 fully saturated rings. The number of hydrogen-bond donors (Lipinski definition) is 0. The molecule has 2 aromatic rings. The number of fused-ring (bicyclic) bond motifs is 1. The van der Waals surface area contributed by atoms with Gasteiger partial charge in [0.05, 0.1) is 12.2 Å². The molecular formula is C13H14BrNO2. The van der Waals surface area contributed by atoms with Gasteiger partial charge in [-0.05, 0) is 13.0 Å². The Bertz CT molecular complexity index is 560. The molecule has 0 saturated heterocycles. The van der Waals surface area contributed by atoms with Crippen LogP contribution in [0.3, 0.4) is 0 Å². The Morgan fingerprint density at radius 2 is 2.12 bits per heavy atom. The summed E-state index contributed by atoms with van der Waals surface area (Å²) in [5.74, 6) is -0.251. The van der Waals surface area contributed by atoms with Crippen LogP contribution in [0.15, 0.2) is 24.3 Å². The molecule has 1 aromatic carbocycles. The maximum absolute atomic E-state index is 12.0. The van der Waals surface area contributed by atoms with E-state index in [0.29, 0.717) is 17.5 Å². The molecule has 90 valence electrons. The van der Waals surface area contributed by atoms with Crippen molar-refractivity contribution in [1.29, 1.82) is 0 Å². The van der Waals surface area contributed by atoms with E-state index in [2.05, 4.69) is 15.9 Å². The third-order valence-corrected chi connectivity index (χ3v) is 3.37. The van der Waals surface area contributed by atoms with Crippen LogP contribution in [0.25, 0.3) is 10.9 Å². The maximum Gasteiger partial charge on any atom is 0.340 e. The van der Waals surface area contributed by atoms with Crippen LogP contribution in [0.2, 0.25) is 0 Å². The summed E-state index contributed by atoms with van der Waals surface area (Å²) in [6, 6.07) is 7.86. The van der Waals surface area contributed by atoms with Crippen LogP contribution in [-0.2, 0) is 17.1 Å². The molecule has 0 aliphatic heterocycles. The molecule has 0 unspecified atom stereocenters. The summed E-state index contributed by atoms with van der Waals surface area (Å²) in [5, 5.41) is 1.58. The first-order valence-electron chi connectivity index (χ1n) is 5.50. The Kier molecular flexibility index (Phi) is 3.52. The van der Waals surface area contributed by atoms with Crippen molar-refractivity contribution in [3.63, 3.8) is 0 Å². The van der Waals surface area contributed by atoms with Gasteiger partial charge in [-0.25, -0.2) is 4.79 Å². The molecule has 1 aromatic heterocycles. The van der Waals surface area contributed by atoms with Crippen molar-refractivity contribution >= 4 is 32.8 Å². The van der Waals surface area contributed by atoms with E-state index in [1.807, 2.05) is 42.8 Å². The van der Waals surface area contributed by atoms with Crippen molar-refractivity contribution in [2.45, 2.75) is 12.3 Å². The lowest BCUT2D eigenvalue weighted by Crippen LogP contribution is -2.07. The molecule has 0 spiro atoms. The zero-order valence-corrected chi connectivity index (χ0v) is 11.5. The van der Waals surface area contributed by atoms with Gasteiger partial charge in [0, 0.05) is 29.0 Å². The molecule has 0 amide bonds. The third-order valence-electron chi connectivity index (χ3n) is 2.83. The van der Waals surface area contributed by atoms with Crippen LogP contribution in [0, 0.1) is 0 Å². The normalized spacial score (nSPS) is 10.8. The molecule has 0 bridgehead atoms. The van der Waals surface area contributed by atoms with Crippen molar-refractivity contribution in [3.05, 3.63) is 35.5 Å². The van der Waals surface area contributed by atoms with Gasteiger partial charge in [0.15, 0.2) is 0 Å². The van der Waals surface area contributed by atoms with Gasteiger partial charge in [-0.2, -0.15) is 0 Å². The monoisotopic (exact) mass is 295 g/mol. The highest BCUT2D eigenvalue weighted by Gasteiger charge is 2.20. The van der Waals surface area contributed by atoms with E-state index in [1.54, 1.807) is 0 Å². The molecule has 3 nitrogen and oxygen atoms in total. The number of aromatic nitrogens is 1. The fourth-order valence-electron chi connectivity index (χ4n) is 2.03. The van der Waals surface area contributed by atoms with Crippen molar-refractivity contribution in [3.8, 4) is 0 Å². The Morgan fingerprint density at radius 3 is 2.76 bits per heavy atom. The predicted molar refractivity (Wildman–Crippen MR) is 71.5 cm³/mol. The van der Waals surface area contributed by atoms with Crippen molar-refractivity contribution in [1.82, 2.24) is 4.57 Å². The van der Waals surface area contributed by atoms with Crippen LogP contribution in [0.5, 0.6) is 0 Å². The van der Waals surface area contributed by atoms with Crippen LogP contribution in [-0.4, -0.2) is 17.1 Å². The number of carbonyl (C=O) groups is 1. The summed E-state index contributed by atoms with van der Waals surface area (Å²) >= 11 is 3.43. The number of aryl methyl sites for hydroxylation is 1. The molecule has 2 rings (SSSR count). The van der Waals surface area contributed by atoms with E-state index < -0.39 is 0 Å². The largest absolute Gasteiger partial charge is 0.462 e. The van der Waals surface area contributed by atoms with E-state index in [1.165, 1.54) is 0 Å². The minimum Gasteiger partial charge on any atom is -0.462 e. The van der Waals surface area contributed by atoms with Gasteiger partial charge in [0.2, 0.25) is 0 Å². The average molecular weight is 296 g/mol. The number of hydrogen-bond acceptors (Lipinski definition) is 2. The van der Waals surface area contributed by atoms with E-state index >= 15 is 0 Å². The van der Waals surface area contributed by atoms with Gasteiger partial charge in [0.1, 0.15) is 0 Å². The molecule has 0 N–H and O–H groups in total. The molecule has 0 saturated carbocycles. The highest BCUT2D eigenvalue weighted by atomic mass is 79.9. The highest BCUT2D eigenvalue weighted by Crippen LogP contribution is 2.27. The Balaban J connectivity index is 2.71. The molecule has 1 heterocycles. The SMILES string of the molecule is CCOC(=O)c1c(CBr)n(C)c2ccccc12. The molecular weight excluding hydrogens is 282 g/mol. The van der Waals surface area contributed by atoms with Crippen LogP contribution < -0.4 is 0 Å². The first-order valence-corrected chi connectivity index (χ1v) is 6.62. The van der Waals surface area contributed by atoms with Gasteiger partial charge in [-0.15, -0.1) is 0 Å². The molecule has 0 aliphatic rings. The van der Waals surface area contributed by atoms with E-state index in [-0.39, 0.29) is 5.97 Å². The maximum atomic E-state index is 12.0. The van der Waals surface area contributed by atoms with Gasteiger partial charge in [-0.3, -0.25) is 0 Å². The number of nitrogens with zero attached hydrogens (tertiary/aromatic N) is 1. The minimum atomic E-state index is -0.251. The van der Waals surface area contributed by atoms with E-state index in [9.17, 15) is 4.79 Å². The van der Waals surface area contributed by atoms with E-state index in [4.69, 9.17) is 4.74 Å². The fraction of sp³-hybridized carbons (Fsp3) is 0.308. The second-order valence-electron chi connectivity index (χ2n) is 3.75. The Morgan fingerprint density at radius 1 is 1.41 bits per heavy atom. The summed E-state index contributed by atoms with van der Waals surface area (Å²) in [4.78, 5) is 12.0. The predicted octanol–water partition coefficient (Wildman–Crippen LogP) is 3.25. The third kappa shape index (κ3) is 1.97. The zero-order chi connectivity index (χ0) is 12.4. The molecule has 4 heteroatoms. The molecule has 0 aliphatic carbocycles. The highest BCUT2D eigenvalue weighted by molar-refractivity contribution is 9.08. The first kappa shape index (κ1) is 12.2. The summed E-state index contributed by atoms with van der Waals surface area (Å²) in [5.41, 5.74) is 2.66. The Hall–Kier alpha value is -1.29. The lowest BCUT2D eigenvalue weighted by atomic mass is 10.1. The number of benzene rings is 1. The van der Waals surface area contributed by atoms with Crippen LogP contribution >= 0.6 is 15.9 Å². The van der Waals surface area contributed by atoms with Gasteiger partial charge in [-0.1, -0.05) is 34.1 Å². The van der Waals surface area contributed by atoms with Gasteiger partial charge >= 0.3 is 5.97 Å². The lowest BCUT2D eigenvalue weighted by molar-refractivity contribution is 0.0527. The fourth-order valence-corrected chi connectivity index (χ4v) is 2.69. The van der Waals surface area contributed by atoms with Crippen LogP contribution in [0.4, 0.5) is 0 Å². The standard InChI is InChI=1S/C13H14BrNO2/c1-3-17-13(16)12-9-6-4-5-7-10(9)15(2)11(12)8-14/h4-7H,3,8H2,1-2H3. The first-order chi connectivity index (χ1) is 8.20. The second-order valence-corrected chi connectivity index (χ2v) is 4.31. The van der Waals surface area contributed by atoms with Crippen molar-refractivity contribution in [2.75, 3.05) is 6.61 Å². The number of rotatable bonds is 3. The minimum absolute atomic E-state index is 0.251. The van der Waals surface area contributed by atoms with Crippen molar-refractivity contribution in [2.24, 2.45) is 7.05 Å². The summed E-state index contributed by atoms with van der Waals surface area (Å²) in [7, 11) is 1.96. The summed E-state index contributed by atoms with van der Waals surface area (Å²) < 4.78 is 7.14. The topological polar surface area (TPSA) is 31.2 Å². The van der Waals surface area contributed by atoms with Crippen LogP contribution in [0.1, 0.15) is 23.0 Å². The quantitative estimate of drug-likeness (QED) is 0.643. The summed E-state index contributed by atoms with van der Waals surface area (Å²) in [6.45, 7) is 2.21.